The second-order valence-corrected chi connectivity index (χ2v) is 21.2. The molecule has 16 nitrogen and oxygen atoms in total. The van der Waals surface area contributed by atoms with Gasteiger partial charge in [-0.1, -0.05) is 81.4 Å². The Balaban J connectivity index is 0.908. The third kappa shape index (κ3) is 10.1. The van der Waals surface area contributed by atoms with Gasteiger partial charge in [-0.25, -0.2) is 4.98 Å². The number of hydrogen-bond donors (Lipinski definition) is 5. The number of carboxylic acids is 1. The van der Waals surface area contributed by atoms with E-state index in [2.05, 4.69) is 31.1 Å². The molecule has 364 valence electrons. The number of aliphatic imine (C=N–C) groups is 1. The molecule has 3 unspecified atom stereocenters. The van der Waals surface area contributed by atoms with Crippen molar-refractivity contribution in [1.82, 2.24) is 40.6 Å². The molecule has 0 radical (unpaired) electrons. The summed E-state index contributed by atoms with van der Waals surface area (Å²) in [5.74, 6) is -1.86. The van der Waals surface area contributed by atoms with Gasteiger partial charge in [-0.3, -0.25) is 33.5 Å². The SMILES string of the molecule is Cc1ncsc1-c1ccc(C(C)NC(=O)[C@@H]2C[C@@H](O)CN2C(=O)C(NC(=O)C(C)NC(=O)c2ccc(-c3ccc(C4=N[C@@H](CC(=O)O)c5nnc(C)n5-c5sc(C)c(C)c54)cc3)cc2)C(C)(C)C)cc1. The Hall–Kier alpha value is -6.89. The molecule has 3 aromatic carbocycles. The average Bonchev–Trinajstić information content (AvgIpc) is 4.09. The van der Waals surface area contributed by atoms with Gasteiger partial charge >= 0.3 is 5.97 Å². The highest BCUT2D eigenvalue weighted by Gasteiger charge is 2.45. The maximum absolute atomic E-state index is 14.3. The number of amides is 4. The van der Waals surface area contributed by atoms with Gasteiger partial charge in [0.2, 0.25) is 17.7 Å². The molecule has 8 rings (SSSR count). The van der Waals surface area contributed by atoms with Crippen molar-refractivity contribution < 1.29 is 34.2 Å². The number of aliphatic hydroxyl groups excluding tert-OH is 1. The van der Waals surface area contributed by atoms with E-state index in [-0.39, 0.29) is 25.4 Å². The van der Waals surface area contributed by atoms with Crippen LogP contribution in [0.3, 0.4) is 0 Å². The van der Waals surface area contributed by atoms with Crippen molar-refractivity contribution in [3.63, 3.8) is 0 Å². The summed E-state index contributed by atoms with van der Waals surface area (Å²) in [6, 6.07) is 18.4. The molecular formula is C52H57N9O7S2. The number of likely N-dealkylation sites (tertiary alicyclic amines) is 1. The number of aromatic nitrogens is 4. The van der Waals surface area contributed by atoms with Crippen LogP contribution in [-0.2, 0) is 19.2 Å². The summed E-state index contributed by atoms with van der Waals surface area (Å²) in [7, 11) is 0. The minimum atomic E-state index is -1.09. The highest BCUT2D eigenvalue weighted by Crippen LogP contribution is 2.40. The first kappa shape index (κ1) is 49.5. The van der Waals surface area contributed by atoms with Crippen LogP contribution in [0.5, 0.6) is 0 Å². The van der Waals surface area contributed by atoms with Gasteiger partial charge in [-0.05, 0) is 86.9 Å². The molecule has 1 saturated heterocycles. The molecule has 6 aromatic rings. The lowest BCUT2D eigenvalue weighted by Gasteiger charge is -2.36. The lowest BCUT2D eigenvalue weighted by molar-refractivity contribution is -0.144. The van der Waals surface area contributed by atoms with Gasteiger partial charge in [0.15, 0.2) is 5.82 Å². The Bertz CT molecular complexity index is 3000. The first-order valence-corrected chi connectivity index (χ1v) is 24.8. The highest BCUT2D eigenvalue weighted by molar-refractivity contribution is 7.15. The second kappa shape index (κ2) is 19.8. The zero-order chi connectivity index (χ0) is 50.3. The van der Waals surface area contributed by atoms with Crippen LogP contribution in [0.2, 0.25) is 0 Å². The number of carboxylic acid groups (broad SMARTS) is 1. The number of benzene rings is 3. The fraction of sp³-hybridized carbons (Fsp3) is 0.365. The molecule has 0 bridgehead atoms. The molecule has 5 N–H and O–H groups in total. The number of aryl methyl sites for hydroxylation is 3. The van der Waals surface area contributed by atoms with E-state index in [0.29, 0.717) is 22.9 Å². The van der Waals surface area contributed by atoms with Crippen molar-refractivity contribution in [2.45, 2.75) is 111 Å². The normalized spacial score (nSPS) is 17.9. The number of aliphatic carboxylic acids is 1. The van der Waals surface area contributed by atoms with E-state index in [1.54, 1.807) is 61.1 Å². The third-order valence-corrected chi connectivity index (χ3v) is 15.2. The lowest BCUT2D eigenvalue weighted by atomic mass is 9.85. The number of hydrogen-bond acceptors (Lipinski definition) is 12. The minimum absolute atomic E-state index is 0.0449. The van der Waals surface area contributed by atoms with Crippen LogP contribution in [-0.4, -0.2) is 101 Å². The molecule has 4 amide bonds. The Morgan fingerprint density at radius 1 is 0.829 bits per heavy atom. The van der Waals surface area contributed by atoms with Gasteiger partial charge in [0.25, 0.3) is 5.91 Å². The molecule has 6 atom stereocenters. The summed E-state index contributed by atoms with van der Waals surface area (Å²) in [6.45, 7) is 16.6. The Morgan fingerprint density at radius 3 is 2.07 bits per heavy atom. The van der Waals surface area contributed by atoms with Gasteiger partial charge in [-0.15, -0.1) is 32.9 Å². The third-order valence-electron chi connectivity index (χ3n) is 13.0. The van der Waals surface area contributed by atoms with E-state index in [0.717, 1.165) is 59.4 Å². The number of rotatable bonds is 13. The molecule has 2 aliphatic rings. The molecular weight excluding hydrogens is 927 g/mol. The van der Waals surface area contributed by atoms with Crippen molar-refractivity contribution in [3.8, 4) is 26.6 Å². The summed E-state index contributed by atoms with van der Waals surface area (Å²) < 4.78 is 1.92. The lowest BCUT2D eigenvalue weighted by Crippen LogP contribution is -2.60. The molecule has 0 saturated carbocycles. The smallest absolute Gasteiger partial charge is 0.306 e. The second-order valence-electron chi connectivity index (χ2n) is 19.2. The van der Waals surface area contributed by atoms with Crippen molar-refractivity contribution in [2.24, 2.45) is 10.4 Å². The van der Waals surface area contributed by atoms with Crippen molar-refractivity contribution in [3.05, 3.63) is 128 Å². The number of carbonyl (C=O) groups excluding carboxylic acids is 4. The fourth-order valence-electron chi connectivity index (χ4n) is 8.95. The monoisotopic (exact) mass is 983 g/mol. The number of thiophene rings is 1. The topological polar surface area (TPSA) is 221 Å². The first-order valence-electron chi connectivity index (χ1n) is 23.1. The van der Waals surface area contributed by atoms with Gasteiger partial charge < -0.3 is 31.1 Å². The Labute approximate surface area is 414 Å². The molecule has 2 aliphatic heterocycles. The zero-order valence-electron chi connectivity index (χ0n) is 40.5. The number of fused-ring (bicyclic) bond motifs is 3. The standard InChI is InChI=1S/C52H57N9O7S2/c1-26-30(5)70-51-42(26)43(56-39(23-41(63)64)46-59-58-31(6)61(46)51)35-16-12-33(13-17-35)34-14-20-37(21-15-34)48(66)55-29(4)47(65)57-45(52(7,8)9)50(68)60-24-38(62)22-40(60)49(67)54-27(2)32-10-18-36(19-11-32)44-28(3)53-25-69-44/h10-21,25,27,29,38-40,45,62H,22-24H2,1-9H3,(H,54,67)(H,55,66)(H,57,65)(H,63,64)/t27?,29?,38-,39+,40+,45?/m1/s1. The van der Waals surface area contributed by atoms with Crippen molar-refractivity contribution >= 4 is 58.0 Å². The van der Waals surface area contributed by atoms with E-state index < -0.39 is 65.3 Å². The van der Waals surface area contributed by atoms with E-state index in [9.17, 15) is 34.2 Å². The molecule has 3 aromatic heterocycles. The van der Waals surface area contributed by atoms with Crippen LogP contribution in [0.4, 0.5) is 0 Å². The van der Waals surface area contributed by atoms with Gasteiger partial charge in [-0.2, -0.15) is 0 Å². The molecule has 18 heteroatoms. The predicted molar refractivity (Wildman–Crippen MR) is 269 cm³/mol. The van der Waals surface area contributed by atoms with Crippen LogP contribution in [0, 0.1) is 33.1 Å². The summed E-state index contributed by atoms with van der Waals surface area (Å²) >= 11 is 3.15. The van der Waals surface area contributed by atoms with Crippen molar-refractivity contribution in [2.75, 3.05) is 6.54 Å². The maximum atomic E-state index is 14.3. The maximum Gasteiger partial charge on any atom is 0.306 e. The van der Waals surface area contributed by atoms with Crippen LogP contribution >= 0.6 is 22.7 Å². The number of aliphatic hydroxyl groups is 1. The number of β-amino-alcohol motifs (C(OH)–C–C–N with tert-alkyl or cyclic N) is 1. The van der Waals surface area contributed by atoms with Crippen LogP contribution in [0.25, 0.3) is 26.6 Å². The minimum Gasteiger partial charge on any atom is -0.481 e. The van der Waals surface area contributed by atoms with E-state index in [1.807, 2.05) is 99.8 Å². The van der Waals surface area contributed by atoms with Gasteiger partial charge in [0.05, 0.1) is 40.4 Å². The number of nitrogens with one attached hydrogen (secondary N) is 3. The van der Waals surface area contributed by atoms with E-state index >= 15 is 0 Å². The molecule has 70 heavy (non-hydrogen) atoms. The average molecular weight is 984 g/mol. The predicted octanol–water partition coefficient (Wildman–Crippen LogP) is 7.21. The summed E-state index contributed by atoms with van der Waals surface area (Å²) in [6.07, 6.45) is -1.13. The molecule has 1 fully saturated rings. The number of nitrogens with zero attached hydrogens (tertiary/aromatic N) is 6. The first-order chi connectivity index (χ1) is 33.2. The van der Waals surface area contributed by atoms with Crippen LogP contribution < -0.4 is 16.0 Å². The Morgan fingerprint density at radius 2 is 1.46 bits per heavy atom. The van der Waals surface area contributed by atoms with E-state index in [4.69, 9.17) is 4.99 Å². The largest absolute Gasteiger partial charge is 0.481 e. The highest BCUT2D eigenvalue weighted by atomic mass is 32.1. The number of carbonyl (C=O) groups is 5. The molecule has 0 spiro atoms. The summed E-state index contributed by atoms with van der Waals surface area (Å²) in [5.41, 5.74) is 9.32. The quantitative estimate of drug-likeness (QED) is 0.0783. The van der Waals surface area contributed by atoms with Gasteiger partial charge in [0, 0.05) is 34.5 Å². The van der Waals surface area contributed by atoms with Crippen LogP contribution in [0.15, 0.2) is 83.3 Å². The molecule has 0 aliphatic carbocycles. The van der Waals surface area contributed by atoms with Gasteiger partial charge in [0.1, 0.15) is 35.0 Å². The van der Waals surface area contributed by atoms with E-state index in [1.165, 1.54) is 11.8 Å². The fourth-order valence-corrected chi connectivity index (χ4v) is 11.0. The van der Waals surface area contributed by atoms with Crippen LogP contribution in [0.1, 0.15) is 114 Å². The number of thiazole rings is 1. The van der Waals surface area contributed by atoms with Crippen molar-refractivity contribution in [1.29, 1.82) is 0 Å². The summed E-state index contributed by atoms with van der Waals surface area (Å²) in [5, 5.41) is 38.7. The summed E-state index contributed by atoms with van der Waals surface area (Å²) in [4.78, 5) is 80.2. The molecule has 5 heterocycles. The Kier molecular flexibility index (Phi) is 14.0. The zero-order valence-corrected chi connectivity index (χ0v) is 42.2.